The van der Waals surface area contributed by atoms with Crippen molar-refractivity contribution in [2.24, 2.45) is 0 Å². The minimum Gasteiger partial charge on any atom is -0.456 e. The number of nitrogens with zero attached hydrogens (tertiary/aromatic N) is 2. The number of hydrogen-bond acceptors (Lipinski definition) is 5. The standard InChI is InChI=1S/C19H15F2N3O4/c1-11(25)28-9-18(26)23-13-3-5-17-14(7-13)19(27)24(10-22-17)8-12-2-4-15(20)16(21)6-12/h2-7,10H,8-9H2,1H3,(H,23,26). The molecule has 9 heteroatoms. The normalized spacial score (nSPS) is 10.7. The number of fused-ring (bicyclic) bond motifs is 1. The first-order valence-corrected chi connectivity index (χ1v) is 8.20. The topological polar surface area (TPSA) is 90.3 Å². The van der Waals surface area contributed by atoms with Gasteiger partial charge in [-0.15, -0.1) is 0 Å². The van der Waals surface area contributed by atoms with Crippen LogP contribution in [-0.4, -0.2) is 28.0 Å². The second-order valence-corrected chi connectivity index (χ2v) is 5.99. The molecular formula is C19H15F2N3O4. The molecule has 0 saturated heterocycles. The fraction of sp³-hybridized carbons (Fsp3) is 0.158. The highest BCUT2D eigenvalue weighted by Gasteiger charge is 2.10. The zero-order chi connectivity index (χ0) is 20.3. The van der Waals surface area contributed by atoms with Gasteiger partial charge in [-0.25, -0.2) is 13.8 Å². The van der Waals surface area contributed by atoms with E-state index in [1.807, 2.05) is 0 Å². The van der Waals surface area contributed by atoms with Gasteiger partial charge in [0.15, 0.2) is 18.2 Å². The molecule has 28 heavy (non-hydrogen) atoms. The summed E-state index contributed by atoms with van der Waals surface area (Å²) in [5.74, 6) is -3.11. The summed E-state index contributed by atoms with van der Waals surface area (Å²) < 4.78 is 32.3. The van der Waals surface area contributed by atoms with Crippen LogP contribution in [0.15, 0.2) is 47.5 Å². The van der Waals surface area contributed by atoms with Gasteiger partial charge in [-0.1, -0.05) is 6.07 Å². The van der Waals surface area contributed by atoms with Gasteiger partial charge in [0.25, 0.3) is 11.5 Å². The summed E-state index contributed by atoms with van der Waals surface area (Å²) >= 11 is 0. The summed E-state index contributed by atoms with van der Waals surface area (Å²) in [5.41, 5.74) is 0.720. The fourth-order valence-electron chi connectivity index (χ4n) is 2.55. The number of carbonyl (C=O) groups excluding carboxylic acids is 2. The number of anilines is 1. The van der Waals surface area contributed by atoms with Gasteiger partial charge >= 0.3 is 5.97 Å². The number of ether oxygens (including phenoxy) is 1. The van der Waals surface area contributed by atoms with E-state index in [0.717, 1.165) is 12.1 Å². The zero-order valence-electron chi connectivity index (χ0n) is 14.7. The smallest absolute Gasteiger partial charge is 0.303 e. The van der Waals surface area contributed by atoms with Gasteiger partial charge < -0.3 is 10.1 Å². The Morgan fingerprint density at radius 2 is 1.93 bits per heavy atom. The quantitative estimate of drug-likeness (QED) is 0.678. The van der Waals surface area contributed by atoms with Crippen LogP contribution in [0.1, 0.15) is 12.5 Å². The largest absolute Gasteiger partial charge is 0.456 e. The van der Waals surface area contributed by atoms with Crippen LogP contribution in [0.4, 0.5) is 14.5 Å². The average molecular weight is 387 g/mol. The van der Waals surface area contributed by atoms with Crippen molar-refractivity contribution in [3.05, 3.63) is 70.3 Å². The van der Waals surface area contributed by atoms with E-state index in [4.69, 9.17) is 0 Å². The van der Waals surface area contributed by atoms with Gasteiger partial charge in [0.1, 0.15) is 0 Å². The van der Waals surface area contributed by atoms with Crippen molar-refractivity contribution in [3.63, 3.8) is 0 Å². The minimum atomic E-state index is -1.00. The second-order valence-electron chi connectivity index (χ2n) is 5.99. The average Bonchev–Trinajstić information content (AvgIpc) is 2.65. The van der Waals surface area contributed by atoms with Crippen molar-refractivity contribution < 1.29 is 23.1 Å². The molecule has 0 radical (unpaired) electrons. The first-order chi connectivity index (χ1) is 13.3. The summed E-state index contributed by atoms with van der Waals surface area (Å²) in [6.07, 6.45) is 1.31. The Labute approximate surface area is 157 Å². The Kier molecular flexibility index (Phi) is 5.44. The Balaban J connectivity index is 1.87. The second kappa shape index (κ2) is 7.95. The number of carbonyl (C=O) groups is 2. The Morgan fingerprint density at radius 3 is 2.64 bits per heavy atom. The van der Waals surface area contributed by atoms with Crippen LogP contribution in [0.5, 0.6) is 0 Å². The lowest BCUT2D eigenvalue weighted by molar-refractivity contribution is -0.144. The minimum absolute atomic E-state index is 0.00200. The summed E-state index contributed by atoms with van der Waals surface area (Å²) in [5, 5.41) is 2.75. The maximum atomic E-state index is 13.4. The van der Waals surface area contributed by atoms with Crippen molar-refractivity contribution in [1.29, 1.82) is 0 Å². The molecule has 0 bridgehead atoms. The predicted octanol–water partition coefficient (Wildman–Crippen LogP) is 2.22. The molecule has 2 aromatic carbocycles. The van der Waals surface area contributed by atoms with Gasteiger partial charge in [0.05, 0.1) is 23.8 Å². The highest BCUT2D eigenvalue weighted by molar-refractivity contribution is 5.94. The summed E-state index contributed by atoms with van der Waals surface area (Å²) in [7, 11) is 0. The van der Waals surface area contributed by atoms with Gasteiger partial charge in [0.2, 0.25) is 0 Å². The molecule has 1 aromatic heterocycles. The van der Waals surface area contributed by atoms with Gasteiger partial charge in [-0.05, 0) is 35.9 Å². The monoisotopic (exact) mass is 387 g/mol. The zero-order valence-corrected chi connectivity index (χ0v) is 14.7. The number of benzene rings is 2. The molecule has 0 atom stereocenters. The molecule has 1 amide bonds. The van der Waals surface area contributed by atoms with Crippen molar-refractivity contribution in [1.82, 2.24) is 9.55 Å². The van der Waals surface area contributed by atoms with E-state index >= 15 is 0 Å². The van der Waals surface area contributed by atoms with Crippen molar-refractivity contribution in [2.45, 2.75) is 13.5 Å². The lowest BCUT2D eigenvalue weighted by Gasteiger charge is -2.09. The van der Waals surface area contributed by atoms with Crippen LogP contribution in [0.2, 0.25) is 0 Å². The molecular weight excluding hydrogens is 372 g/mol. The molecule has 1 heterocycles. The summed E-state index contributed by atoms with van der Waals surface area (Å²) in [4.78, 5) is 39.4. The van der Waals surface area contributed by atoms with Crippen molar-refractivity contribution >= 4 is 28.5 Å². The SMILES string of the molecule is CC(=O)OCC(=O)Nc1ccc2ncn(Cc3ccc(F)c(F)c3)c(=O)c2c1. The van der Waals surface area contributed by atoms with Crippen LogP contribution in [-0.2, 0) is 20.9 Å². The maximum absolute atomic E-state index is 13.4. The first-order valence-electron chi connectivity index (χ1n) is 8.20. The van der Waals surface area contributed by atoms with Crippen molar-refractivity contribution in [2.75, 3.05) is 11.9 Å². The molecule has 0 spiro atoms. The molecule has 0 unspecified atom stereocenters. The molecule has 7 nitrogen and oxygen atoms in total. The van der Waals surface area contributed by atoms with E-state index in [9.17, 15) is 23.2 Å². The highest BCUT2D eigenvalue weighted by atomic mass is 19.2. The van der Waals surface area contributed by atoms with E-state index in [-0.39, 0.29) is 11.9 Å². The molecule has 144 valence electrons. The molecule has 0 aliphatic rings. The number of hydrogen-bond donors (Lipinski definition) is 1. The van der Waals surface area contributed by atoms with E-state index in [1.165, 1.54) is 30.0 Å². The molecule has 0 aliphatic carbocycles. The van der Waals surface area contributed by atoms with Crippen LogP contribution >= 0.6 is 0 Å². The number of esters is 1. The molecule has 0 fully saturated rings. The van der Waals surface area contributed by atoms with Crippen LogP contribution in [0.3, 0.4) is 0 Å². The molecule has 1 N–H and O–H groups in total. The Hall–Kier alpha value is -3.62. The predicted molar refractivity (Wildman–Crippen MR) is 96.7 cm³/mol. The number of amides is 1. The third kappa shape index (κ3) is 4.37. The highest BCUT2D eigenvalue weighted by Crippen LogP contribution is 2.15. The van der Waals surface area contributed by atoms with E-state index in [0.29, 0.717) is 16.8 Å². The van der Waals surface area contributed by atoms with Crippen molar-refractivity contribution in [3.8, 4) is 0 Å². The Bertz CT molecular complexity index is 1130. The first kappa shape index (κ1) is 19.2. The lowest BCUT2D eigenvalue weighted by Crippen LogP contribution is -2.22. The molecule has 0 aliphatic heterocycles. The summed E-state index contributed by atoms with van der Waals surface area (Å²) in [6, 6.07) is 7.93. The lowest BCUT2D eigenvalue weighted by atomic mass is 10.2. The number of halogens is 2. The molecule has 3 rings (SSSR count). The number of aromatic nitrogens is 2. The fourth-order valence-corrected chi connectivity index (χ4v) is 2.55. The number of nitrogens with one attached hydrogen (secondary N) is 1. The summed E-state index contributed by atoms with van der Waals surface area (Å²) in [6.45, 7) is 0.743. The third-order valence-corrected chi connectivity index (χ3v) is 3.85. The van der Waals surface area contributed by atoms with Crippen LogP contribution in [0, 0.1) is 11.6 Å². The maximum Gasteiger partial charge on any atom is 0.303 e. The van der Waals surface area contributed by atoms with Crippen LogP contribution < -0.4 is 10.9 Å². The van der Waals surface area contributed by atoms with E-state index in [1.54, 1.807) is 12.1 Å². The molecule has 3 aromatic rings. The van der Waals surface area contributed by atoms with E-state index in [2.05, 4.69) is 15.0 Å². The van der Waals surface area contributed by atoms with Gasteiger partial charge in [-0.3, -0.25) is 19.0 Å². The van der Waals surface area contributed by atoms with Gasteiger partial charge in [-0.2, -0.15) is 0 Å². The molecule has 0 saturated carbocycles. The number of rotatable bonds is 5. The Morgan fingerprint density at radius 1 is 1.14 bits per heavy atom. The van der Waals surface area contributed by atoms with Crippen LogP contribution in [0.25, 0.3) is 10.9 Å². The third-order valence-electron chi connectivity index (χ3n) is 3.85. The van der Waals surface area contributed by atoms with Gasteiger partial charge in [0, 0.05) is 12.6 Å². The van der Waals surface area contributed by atoms with E-state index < -0.39 is 35.7 Å².